The maximum Gasteiger partial charge on any atom is 0.220 e. The number of nitrogens with one attached hydrogen (secondary N) is 1. The maximum absolute atomic E-state index is 11.7. The lowest BCUT2D eigenvalue weighted by molar-refractivity contribution is -0.121. The second-order valence-electron chi connectivity index (χ2n) is 4.96. The fraction of sp³-hybridized carbons (Fsp3) is 0.500. The number of carbonyl (C=O) groups excluding carboxylic acids is 1. The smallest absolute Gasteiger partial charge is 0.220 e. The summed E-state index contributed by atoms with van der Waals surface area (Å²) in [7, 11) is 0. The molecule has 2 N–H and O–H groups in total. The van der Waals surface area contributed by atoms with Crippen molar-refractivity contribution in [2.24, 2.45) is 5.41 Å². The van der Waals surface area contributed by atoms with Gasteiger partial charge < -0.3 is 10.4 Å². The van der Waals surface area contributed by atoms with E-state index in [-0.39, 0.29) is 17.9 Å². The lowest BCUT2D eigenvalue weighted by Crippen LogP contribution is -2.31. The van der Waals surface area contributed by atoms with Crippen molar-refractivity contribution in [3.8, 4) is 0 Å². The van der Waals surface area contributed by atoms with Gasteiger partial charge in [0.15, 0.2) is 0 Å². The van der Waals surface area contributed by atoms with E-state index in [1.54, 1.807) is 11.8 Å². The zero-order valence-electron chi connectivity index (χ0n) is 10.7. The third-order valence-electron chi connectivity index (χ3n) is 3.38. The summed E-state index contributed by atoms with van der Waals surface area (Å²) < 4.78 is 1.07. The van der Waals surface area contributed by atoms with Gasteiger partial charge in [-0.2, -0.15) is 0 Å². The summed E-state index contributed by atoms with van der Waals surface area (Å²) in [4.78, 5) is 12.8. The topological polar surface area (TPSA) is 49.3 Å². The molecule has 0 radical (unpaired) electrons. The molecule has 0 aromatic heterocycles. The molecule has 1 aromatic carbocycles. The number of hydrogen-bond acceptors (Lipinski definition) is 3. The predicted octanol–water partition coefficient (Wildman–Crippen LogP) is 2.82. The second-order valence-corrected chi connectivity index (χ2v) is 6.95. The number of thioether (sulfide) groups is 1. The van der Waals surface area contributed by atoms with Gasteiger partial charge in [0.25, 0.3) is 0 Å². The van der Waals surface area contributed by atoms with Gasteiger partial charge in [-0.15, -0.1) is 11.8 Å². The van der Waals surface area contributed by atoms with E-state index in [0.717, 1.165) is 28.0 Å². The highest BCUT2D eigenvalue weighted by Crippen LogP contribution is 2.44. The van der Waals surface area contributed by atoms with Crippen LogP contribution in [-0.2, 0) is 4.79 Å². The van der Waals surface area contributed by atoms with Gasteiger partial charge in [0.1, 0.15) is 0 Å². The molecule has 0 bridgehead atoms. The number of aliphatic hydroxyl groups excluding tert-OH is 1. The maximum atomic E-state index is 11.7. The first-order valence-corrected chi connectivity index (χ1v) is 8.18. The van der Waals surface area contributed by atoms with Crippen LogP contribution in [0.2, 0.25) is 0 Å². The molecule has 0 aliphatic heterocycles. The largest absolute Gasteiger partial charge is 0.396 e. The summed E-state index contributed by atoms with van der Waals surface area (Å²) in [5, 5.41) is 12.1. The molecule has 19 heavy (non-hydrogen) atoms. The molecule has 1 amide bonds. The fourth-order valence-corrected chi connectivity index (χ4v) is 3.27. The normalized spacial score (nSPS) is 16.1. The van der Waals surface area contributed by atoms with E-state index in [0.29, 0.717) is 13.0 Å². The average Bonchev–Trinajstić information content (AvgIpc) is 3.19. The molecule has 0 saturated heterocycles. The third kappa shape index (κ3) is 4.51. The summed E-state index contributed by atoms with van der Waals surface area (Å²) in [6, 6.07) is 8.01. The minimum absolute atomic E-state index is 0.00867. The molecule has 5 heteroatoms. The Morgan fingerprint density at radius 2 is 2.16 bits per heavy atom. The van der Waals surface area contributed by atoms with Crippen LogP contribution in [0, 0.1) is 5.41 Å². The van der Waals surface area contributed by atoms with Crippen LogP contribution < -0.4 is 5.32 Å². The Hall–Kier alpha value is -0.520. The zero-order chi connectivity index (χ0) is 13.7. The highest BCUT2D eigenvalue weighted by atomic mass is 79.9. The van der Waals surface area contributed by atoms with Gasteiger partial charge in [-0.1, -0.05) is 12.1 Å². The SMILES string of the molecule is O=C(CCSc1ccccc1Br)NCC1(CO)CC1. The number of amides is 1. The van der Waals surface area contributed by atoms with E-state index >= 15 is 0 Å². The standard InChI is InChI=1S/C14H18BrNO2S/c15-11-3-1-2-4-12(11)19-8-5-13(18)16-9-14(10-17)6-7-14/h1-4,17H,5-10H2,(H,16,18). The summed E-state index contributed by atoms with van der Waals surface area (Å²) in [6.07, 6.45) is 2.55. The Morgan fingerprint density at radius 3 is 2.79 bits per heavy atom. The van der Waals surface area contributed by atoms with Crippen molar-refractivity contribution in [1.82, 2.24) is 5.32 Å². The number of rotatable bonds is 7. The molecule has 0 atom stereocenters. The minimum Gasteiger partial charge on any atom is -0.396 e. The monoisotopic (exact) mass is 343 g/mol. The molecule has 0 spiro atoms. The van der Waals surface area contributed by atoms with Crippen LogP contribution in [0.4, 0.5) is 0 Å². The van der Waals surface area contributed by atoms with Gasteiger partial charge in [0.05, 0.1) is 6.61 Å². The molecule has 0 unspecified atom stereocenters. The lowest BCUT2D eigenvalue weighted by Gasteiger charge is -2.12. The lowest BCUT2D eigenvalue weighted by atomic mass is 10.1. The van der Waals surface area contributed by atoms with Gasteiger partial charge in [-0.3, -0.25) is 4.79 Å². The summed E-state index contributed by atoms with van der Waals surface area (Å²) >= 11 is 5.16. The van der Waals surface area contributed by atoms with E-state index in [4.69, 9.17) is 5.11 Å². The number of hydrogen-bond donors (Lipinski definition) is 2. The number of benzene rings is 1. The Kier molecular flexibility index (Phi) is 5.30. The van der Waals surface area contributed by atoms with Crippen LogP contribution in [0.5, 0.6) is 0 Å². The molecular weight excluding hydrogens is 326 g/mol. The van der Waals surface area contributed by atoms with E-state index in [9.17, 15) is 4.79 Å². The molecule has 2 rings (SSSR count). The van der Waals surface area contributed by atoms with E-state index < -0.39 is 0 Å². The van der Waals surface area contributed by atoms with Gasteiger partial charge in [-0.05, 0) is 40.9 Å². The average molecular weight is 344 g/mol. The molecule has 104 valence electrons. The number of carbonyl (C=O) groups is 1. The Balaban J connectivity index is 1.65. The molecule has 1 saturated carbocycles. The van der Waals surface area contributed by atoms with Crippen molar-refractivity contribution in [1.29, 1.82) is 0 Å². The molecule has 1 aromatic rings. The highest BCUT2D eigenvalue weighted by Gasteiger charge is 2.41. The quantitative estimate of drug-likeness (QED) is 0.748. The fourth-order valence-electron chi connectivity index (χ4n) is 1.76. The van der Waals surface area contributed by atoms with E-state index in [2.05, 4.69) is 21.2 Å². The van der Waals surface area contributed by atoms with Gasteiger partial charge in [-0.25, -0.2) is 0 Å². The molecule has 3 nitrogen and oxygen atoms in total. The Morgan fingerprint density at radius 1 is 1.42 bits per heavy atom. The highest BCUT2D eigenvalue weighted by molar-refractivity contribution is 9.10. The van der Waals surface area contributed by atoms with Crippen molar-refractivity contribution in [2.45, 2.75) is 24.2 Å². The van der Waals surface area contributed by atoms with Gasteiger partial charge in [0.2, 0.25) is 5.91 Å². The minimum atomic E-state index is -0.00867. The zero-order valence-corrected chi connectivity index (χ0v) is 13.1. The van der Waals surface area contributed by atoms with Crippen molar-refractivity contribution in [3.05, 3.63) is 28.7 Å². The number of aliphatic hydroxyl groups is 1. The van der Waals surface area contributed by atoms with E-state index in [1.807, 2.05) is 24.3 Å². The van der Waals surface area contributed by atoms with Crippen LogP contribution in [-0.4, -0.2) is 29.9 Å². The van der Waals surface area contributed by atoms with Crippen LogP contribution in [0.25, 0.3) is 0 Å². The predicted molar refractivity (Wildman–Crippen MR) is 81.2 cm³/mol. The third-order valence-corrected chi connectivity index (χ3v) is 5.41. The second kappa shape index (κ2) is 6.77. The van der Waals surface area contributed by atoms with Crippen LogP contribution in [0.3, 0.4) is 0 Å². The van der Waals surface area contributed by atoms with Crippen molar-refractivity contribution >= 4 is 33.6 Å². The van der Waals surface area contributed by atoms with Crippen molar-refractivity contribution in [3.63, 3.8) is 0 Å². The Bertz CT molecular complexity index is 449. The van der Waals surface area contributed by atoms with Crippen molar-refractivity contribution < 1.29 is 9.90 Å². The molecule has 1 fully saturated rings. The molecule has 1 aliphatic carbocycles. The first-order valence-electron chi connectivity index (χ1n) is 6.40. The van der Waals surface area contributed by atoms with E-state index in [1.165, 1.54) is 0 Å². The first kappa shape index (κ1) is 14.9. The van der Waals surface area contributed by atoms with Gasteiger partial charge in [0, 0.05) is 33.5 Å². The van der Waals surface area contributed by atoms with Gasteiger partial charge >= 0.3 is 0 Å². The summed E-state index contributed by atoms with van der Waals surface area (Å²) in [5.41, 5.74) is -0.00867. The number of halogens is 1. The van der Waals surface area contributed by atoms with Crippen LogP contribution >= 0.6 is 27.7 Å². The first-order chi connectivity index (χ1) is 9.15. The Labute approximate surface area is 126 Å². The van der Waals surface area contributed by atoms with Crippen LogP contribution in [0.15, 0.2) is 33.6 Å². The summed E-state index contributed by atoms with van der Waals surface area (Å²) in [5.74, 6) is 0.833. The molecular formula is C14H18BrNO2S. The summed E-state index contributed by atoms with van der Waals surface area (Å²) in [6.45, 7) is 0.793. The van der Waals surface area contributed by atoms with Crippen LogP contribution in [0.1, 0.15) is 19.3 Å². The van der Waals surface area contributed by atoms with Crippen molar-refractivity contribution in [2.75, 3.05) is 18.9 Å². The molecule has 1 aliphatic rings. The molecule has 0 heterocycles.